The maximum atomic E-state index is 12.2. The van der Waals surface area contributed by atoms with E-state index in [4.69, 9.17) is 29.2 Å². The molecule has 46 heavy (non-hydrogen) atoms. The number of carbonyl (C=O) groups is 1. The standard InChI is InChI=1S/C15H22O7.C15H20O7.B.Na.H/c2*1-21-9-4-2-8(3-5-9)10(17)6-11-13(18)15(20)14(19)12(7-16)22-11;;;/h2-5,10-20H,6-7H2,1H3;2-5,11-16,18-20H,6-7H2,1H3;;;/q;;;+1;-1/t10?,11-,12+,13-,14+,15+;11-,12+,13-,14+,15+;;;/m00.../s1. The van der Waals surface area contributed by atoms with E-state index in [1.807, 2.05) is 0 Å². The Morgan fingerprint density at radius 3 is 1.52 bits per heavy atom. The molecule has 2 aromatic carbocycles. The summed E-state index contributed by atoms with van der Waals surface area (Å²) in [6, 6.07) is 13.2. The molecular weight excluding hydrogens is 618 g/mol. The van der Waals surface area contributed by atoms with E-state index in [1.165, 1.54) is 7.11 Å². The van der Waals surface area contributed by atoms with Gasteiger partial charge in [0.1, 0.15) is 60.3 Å². The zero-order valence-electron chi connectivity index (χ0n) is 26.9. The Labute approximate surface area is 292 Å². The van der Waals surface area contributed by atoms with Crippen LogP contribution in [0.3, 0.4) is 0 Å². The summed E-state index contributed by atoms with van der Waals surface area (Å²) in [5.41, 5.74) is 1.02. The van der Waals surface area contributed by atoms with Gasteiger partial charge in [-0.1, -0.05) is 12.1 Å². The fourth-order valence-corrected chi connectivity index (χ4v) is 4.98. The van der Waals surface area contributed by atoms with Crippen molar-refractivity contribution in [3.8, 4) is 11.5 Å². The minimum Gasteiger partial charge on any atom is -1.00 e. The largest absolute Gasteiger partial charge is 1.00 e. The average Bonchev–Trinajstić information content (AvgIpc) is 3.05. The van der Waals surface area contributed by atoms with E-state index >= 15 is 0 Å². The van der Waals surface area contributed by atoms with Crippen molar-refractivity contribution < 1.29 is 101 Å². The van der Waals surface area contributed by atoms with Crippen LogP contribution >= 0.6 is 0 Å². The third-order valence-corrected chi connectivity index (χ3v) is 7.74. The van der Waals surface area contributed by atoms with Crippen LogP contribution in [0.15, 0.2) is 48.5 Å². The summed E-state index contributed by atoms with van der Waals surface area (Å²) in [7, 11) is 3.06. The second kappa shape index (κ2) is 20.0. The summed E-state index contributed by atoms with van der Waals surface area (Å²) in [5.74, 6) is 0.986. The Hall–Kier alpha value is -1.67. The Kier molecular flexibility index (Phi) is 18.4. The van der Waals surface area contributed by atoms with E-state index in [0.717, 1.165) is 0 Å². The van der Waals surface area contributed by atoms with Crippen molar-refractivity contribution in [1.29, 1.82) is 0 Å². The summed E-state index contributed by atoms with van der Waals surface area (Å²) in [6.45, 7) is -1.00. The van der Waals surface area contributed by atoms with Gasteiger partial charge in [-0.25, -0.2) is 0 Å². The van der Waals surface area contributed by atoms with E-state index in [0.29, 0.717) is 22.6 Å². The van der Waals surface area contributed by atoms with E-state index in [1.54, 1.807) is 55.6 Å². The van der Waals surface area contributed by atoms with Gasteiger partial charge in [-0.3, -0.25) is 4.79 Å². The van der Waals surface area contributed by atoms with Crippen molar-refractivity contribution in [2.45, 2.75) is 80.0 Å². The second-order valence-electron chi connectivity index (χ2n) is 10.6. The number of benzene rings is 2. The SMILES string of the molecule is COc1ccc(C(=O)C[C@@H]2O[C@H](CO)[C@@H](O)[C@H](O)[C@H]2O)cc1.COc1ccc(C(O)C[C@@H]2O[C@H](CO)[C@@H](O)[C@H](O)[C@H]2O)cc1.[B].[H-].[Na+]. The number of carbonyl (C=O) groups excluding carboxylic acids is 1. The molecule has 251 valence electrons. The normalized spacial score (nSPS) is 31.2. The van der Waals surface area contributed by atoms with E-state index in [2.05, 4.69) is 0 Å². The fraction of sp³-hybridized carbons (Fsp3) is 0.567. The zero-order valence-corrected chi connectivity index (χ0v) is 27.9. The molecule has 9 N–H and O–H groups in total. The van der Waals surface area contributed by atoms with Gasteiger partial charge in [-0.05, 0) is 42.0 Å². The van der Waals surface area contributed by atoms with Gasteiger partial charge in [0.15, 0.2) is 5.78 Å². The molecule has 3 radical (unpaired) electrons. The average molecular weight is 661 g/mol. The van der Waals surface area contributed by atoms with E-state index in [9.17, 15) is 40.5 Å². The van der Waals surface area contributed by atoms with Crippen LogP contribution < -0.4 is 39.0 Å². The second-order valence-corrected chi connectivity index (χ2v) is 10.6. The molecule has 2 fully saturated rings. The first-order valence-corrected chi connectivity index (χ1v) is 14.1. The monoisotopic (exact) mass is 661 g/mol. The van der Waals surface area contributed by atoms with Gasteiger partial charge in [0.05, 0.1) is 45.7 Å². The molecule has 0 aromatic heterocycles. The van der Waals surface area contributed by atoms with Crippen LogP contribution in [0, 0.1) is 0 Å². The van der Waals surface area contributed by atoms with Crippen molar-refractivity contribution in [2.75, 3.05) is 27.4 Å². The van der Waals surface area contributed by atoms with Crippen molar-refractivity contribution in [3.05, 3.63) is 59.7 Å². The number of hydrogen-bond acceptors (Lipinski definition) is 14. The number of ether oxygens (including phenoxy) is 4. The maximum absolute atomic E-state index is 12.2. The topological polar surface area (TPSA) is 236 Å². The van der Waals surface area contributed by atoms with Gasteiger partial charge < -0.3 is 66.3 Å². The van der Waals surface area contributed by atoms with Crippen molar-refractivity contribution >= 4 is 14.2 Å². The zero-order chi connectivity index (χ0) is 32.6. The first kappa shape index (κ1) is 42.4. The van der Waals surface area contributed by atoms with Crippen LogP contribution in [-0.2, 0) is 9.47 Å². The molecule has 14 nitrogen and oxygen atoms in total. The molecule has 2 aliphatic heterocycles. The molecule has 4 rings (SSSR count). The molecule has 0 saturated carbocycles. The minimum atomic E-state index is -1.47. The molecular formula is C30H43BNaO14. The third kappa shape index (κ3) is 10.7. The fourth-order valence-electron chi connectivity index (χ4n) is 4.98. The smallest absolute Gasteiger partial charge is 1.00 e. The molecule has 2 saturated heterocycles. The predicted molar refractivity (Wildman–Crippen MR) is 159 cm³/mol. The number of Topliss-reactive ketones (excluding diaryl/α,β-unsaturated/α-hetero) is 1. The van der Waals surface area contributed by atoms with Crippen LogP contribution in [0.25, 0.3) is 0 Å². The Balaban J connectivity index is 0.000000846. The number of aliphatic hydroxyl groups excluding tert-OH is 9. The van der Waals surface area contributed by atoms with Gasteiger partial charge >= 0.3 is 29.6 Å². The molecule has 0 aliphatic carbocycles. The molecule has 0 amide bonds. The Bertz CT molecular complexity index is 1160. The van der Waals surface area contributed by atoms with Gasteiger partial charge in [0.2, 0.25) is 0 Å². The predicted octanol–water partition coefficient (Wildman–Crippen LogP) is -5.19. The van der Waals surface area contributed by atoms with E-state index < -0.39 is 80.4 Å². The summed E-state index contributed by atoms with van der Waals surface area (Å²) in [4.78, 5) is 12.2. The van der Waals surface area contributed by atoms with Crippen molar-refractivity contribution in [1.82, 2.24) is 0 Å². The molecule has 16 heteroatoms. The minimum absolute atomic E-state index is 0. The number of methoxy groups -OCH3 is 2. The van der Waals surface area contributed by atoms with Crippen LogP contribution in [-0.4, -0.2) is 149 Å². The number of rotatable bonds is 10. The molecule has 1 unspecified atom stereocenters. The van der Waals surface area contributed by atoms with Crippen molar-refractivity contribution in [3.63, 3.8) is 0 Å². The van der Waals surface area contributed by atoms with Crippen LogP contribution in [0.5, 0.6) is 11.5 Å². The molecule has 2 aromatic rings. The Morgan fingerprint density at radius 1 is 0.696 bits per heavy atom. The number of ketones is 1. The quantitative estimate of drug-likeness (QED) is 0.0856. The molecule has 2 aliphatic rings. The summed E-state index contributed by atoms with van der Waals surface area (Å²) >= 11 is 0. The maximum Gasteiger partial charge on any atom is 1.00 e. The third-order valence-electron chi connectivity index (χ3n) is 7.74. The molecule has 0 spiro atoms. The first-order chi connectivity index (χ1) is 20.9. The summed E-state index contributed by atoms with van der Waals surface area (Å²) < 4.78 is 20.7. The summed E-state index contributed by atoms with van der Waals surface area (Å²) in [5, 5.41) is 87.2. The van der Waals surface area contributed by atoms with Crippen LogP contribution in [0.1, 0.15) is 36.3 Å². The van der Waals surface area contributed by atoms with E-state index in [-0.39, 0.29) is 58.0 Å². The summed E-state index contributed by atoms with van der Waals surface area (Å²) in [6.07, 6.45) is -13.4. The molecule has 2 heterocycles. The van der Waals surface area contributed by atoms with Crippen molar-refractivity contribution in [2.24, 2.45) is 0 Å². The van der Waals surface area contributed by atoms with Gasteiger partial charge in [0.25, 0.3) is 0 Å². The first-order valence-electron chi connectivity index (χ1n) is 14.1. The van der Waals surface area contributed by atoms with Crippen LogP contribution in [0.4, 0.5) is 0 Å². The van der Waals surface area contributed by atoms with Gasteiger partial charge in [-0.15, -0.1) is 0 Å². The van der Waals surface area contributed by atoms with Gasteiger partial charge in [-0.2, -0.15) is 0 Å². The number of hydrogen-bond donors (Lipinski definition) is 9. The van der Waals surface area contributed by atoms with Gasteiger partial charge in [0, 0.05) is 26.8 Å². The Morgan fingerprint density at radius 2 is 1.09 bits per heavy atom. The number of aliphatic hydroxyl groups is 9. The van der Waals surface area contributed by atoms with Crippen LogP contribution in [0.2, 0.25) is 0 Å². The molecule has 0 bridgehead atoms. The molecule has 11 atom stereocenters.